The molecule has 0 spiro atoms. The van der Waals surface area contributed by atoms with Crippen LogP contribution in [0.25, 0.3) is 0 Å². The lowest BCUT2D eigenvalue weighted by Gasteiger charge is -2.39. The van der Waals surface area contributed by atoms with Gasteiger partial charge >= 0.3 is 0 Å². The number of aliphatic hydroxyl groups excluding tert-OH is 2. The van der Waals surface area contributed by atoms with Crippen molar-refractivity contribution in [1.29, 1.82) is 0 Å². The summed E-state index contributed by atoms with van der Waals surface area (Å²) in [6, 6.07) is 31.9. The van der Waals surface area contributed by atoms with Crippen molar-refractivity contribution in [2.75, 3.05) is 30.0 Å². The number of nitrogens with zero attached hydrogens (tertiary/aromatic N) is 1. The minimum absolute atomic E-state index is 0.0348. The summed E-state index contributed by atoms with van der Waals surface area (Å²) in [7, 11) is 1.99. The number of hydrogen-bond acceptors (Lipinski definition) is 8. The van der Waals surface area contributed by atoms with Crippen molar-refractivity contribution >= 4 is 28.9 Å². The second-order valence-electron chi connectivity index (χ2n) is 13.3. The molecule has 0 saturated carbocycles. The lowest BCUT2D eigenvalue weighted by molar-refractivity contribution is -0.253. The van der Waals surface area contributed by atoms with Crippen LogP contribution in [-0.4, -0.2) is 52.7 Å². The van der Waals surface area contributed by atoms with E-state index < -0.39 is 12.4 Å². The first-order valence-corrected chi connectivity index (χ1v) is 17.7. The van der Waals surface area contributed by atoms with E-state index in [2.05, 4.69) is 15.5 Å². The molecule has 0 radical (unpaired) electrons. The van der Waals surface area contributed by atoms with Crippen molar-refractivity contribution in [2.24, 2.45) is 0 Å². The molecule has 1 heterocycles. The molecule has 0 aromatic heterocycles. The van der Waals surface area contributed by atoms with Crippen LogP contribution < -0.4 is 16.4 Å². The van der Waals surface area contributed by atoms with E-state index in [1.54, 1.807) is 12.1 Å². The van der Waals surface area contributed by atoms with Crippen LogP contribution in [0.3, 0.4) is 0 Å². The van der Waals surface area contributed by atoms with E-state index in [4.69, 9.17) is 15.2 Å². The minimum atomic E-state index is -0.691. The van der Waals surface area contributed by atoms with Crippen LogP contribution in [0, 0.1) is 0 Å². The Morgan fingerprint density at radius 1 is 0.843 bits per heavy atom. The number of hydrogen-bond donors (Lipinski definition) is 5. The number of para-hydroxylation sites is 2. The number of rotatable bonds is 16. The highest BCUT2D eigenvalue weighted by Crippen LogP contribution is 2.39. The molecule has 5 rings (SSSR count). The zero-order valence-electron chi connectivity index (χ0n) is 29.4. The largest absolute Gasteiger partial charge is 0.397 e. The Morgan fingerprint density at radius 2 is 1.53 bits per heavy atom. The molecule has 2 amide bonds. The Labute approximate surface area is 300 Å². The van der Waals surface area contributed by atoms with Gasteiger partial charge in [0.05, 0.1) is 36.3 Å². The molecule has 10 nitrogen and oxygen atoms in total. The third-order valence-corrected chi connectivity index (χ3v) is 9.38. The van der Waals surface area contributed by atoms with Gasteiger partial charge < -0.3 is 36.1 Å². The maximum Gasteiger partial charge on any atom is 0.224 e. The Morgan fingerprint density at radius 3 is 2.24 bits per heavy atom. The molecule has 0 unspecified atom stereocenters. The van der Waals surface area contributed by atoms with Gasteiger partial charge in [-0.15, -0.1) is 0 Å². The average Bonchev–Trinajstić information content (AvgIpc) is 3.15. The van der Waals surface area contributed by atoms with Crippen LogP contribution >= 0.6 is 0 Å². The van der Waals surface area contributed by atoms with Crippen LogP contribution in [0.4, 0.5) is 17.1 Å². The van der Waals surface area contributed by atoms with E-state index in [-0.39, 0.29) is 36.7 Å². The molecule has 1 aliphatic heterocycles. The van der Waals surface area contributed by atoms with Crippen molar-refractivity contribution in [3.8, 4) is 0 Å². The number of unbranched alkanes of at least 4 members (excludes halogenated alkanes) is 2. The quantitative estimate of drug-likeness (QED) is 0.0630. The fourth-order valence-corrected chi connectivity index (χ4v) is 6.25. The number of carbonyl (C=O) groups is 2. The highest BCUT2D eigenvalue weighted by Gasteiger charge is 2.34. The number of amides is 2. The van der Waals surface area contributed by atoms with Crippen LogP contribution in [0.2, 0.25) is 0 Å². The number of carbonyl (C=O) groups excluding carboxylic acids is 2. The van der Waals surface area contributed by atoms with Crippen LogP contribution in [-0.2, 0) is 25.7 Å². The van der Waals surface area contributed by atoms with E-state index >= 15 is 0 Å². The number of aliphatic hydroxyl groups is 2. The van der Waals surface area contributed by atoms with Gasteiger partial charge in [-0.3, -0.25) is 14.5 Å². The predicted octanol–water partition coefficient (Wildman–Crippen LogP) is 6.89. The third-order valence-electron chi connectivity index (χ3n) is 9.38. The fraction of sp³-hybridized carbons (Fsp3) is 0.366. The second-order valence-corrected chi connectivity index (χ2v) is 13.3. The van der Waals surface area contributed by atoms with E-state index in [0.717, 1.165) is 28.7 Å². The molecule has 1 saturated heterocycles. The summed E-state index contributed by atoms with van der Waals surface area (Å²) in [5.41, 5.74) is 11.1. The molecule has 270 valence electrons. The summed E-state index contributed by atoms with van der Waals surface area (Å²) < 4.78 is 13.1. The first-order chi connectivity index (χ1) is 24.7. The van der Waals surface area contributed by atoms with Gasteiger partial charge in [0.15, 0.2) is 6.29 Å². The third kappa shape index (κ3) is 11.0. The van der Waals surface area contributed by atoms with Gasteiger partial charge in [0.1, 0.15) is 0 Å². The molecule has 5 atom stereocenters. The molecule has 0 bridgehead atoms. The maximum atomic E-state index is 12.8. The Balaban J connectivity index is 1.17. The lowest BCUT2D eigenvalue weighted by Crippen LogP contribution is -2.43. The first kappa shape index (κ1) is 37.7. The Kier molecular flexibility index (Phi) is 13.7. The summed E-state index contributed by atoms with van der Waals surface area (Å²) >= 11 is 0. The molecule has 4 aromatic carbocycles. The van der Waals surface area contributed by atoms with E-state index in [0.29, 0.717) is 55.7 Å². The first-order valence-electron chi connectivity index (χ1n) is 17.7. The standard InChI is InChI=1S/C41H50N4O6/c1-28(40(49)31-12-5-3-6-13-31)45(2)26-34-25-37(30-22-20-29(27-46)21-23-30)51-41(50-34)32-14-11-15-33(24-32)43-38(47)18-7-4-8-19-39(48)44-36-17-10-9-16-35(36)42/h3,5-6,9-17,20-24,28,34,37,40-41,46,49H,4,7-8,18-19,25-27,42H2,1-2H3,(H,43,47)(H,44,48)/t28-,34+,37-,40-,41-/m1/s1. The summed E-state index contributed by atoms with van der Waals surface area (Å²) in [6.45, 7) is 2.53. The average molecular weight is 695 g/mol. The topological polar surface area (TPSA) is 146 Å². The van der Waals surface area contributed by atoms with Crippen molar-refractivity contribution in [1.82, 2.24) is 4.90 Å². The maximum absolute atomic E-state index is 12.8. The molecule has 1 fully saturated rings. The van der Waals surface area contributed by atoms with Crippen molar-refractivity contribution in [3.05, 3.63) is 125 Å². The van der Waals surface area contributed by atoms with Crippen molar-refractivity contribution in [2.45, 2.75) is 82.7 Å². The lowest BCUT2D eigenvalue weighted by atomic mass is 9.98. The zero-order valence-corrected chi connectivity index (χ0v) is 29.4. The zero-order chi connectivity index (χ0) is 36.2. The van der Waals surface area contributed by atoms with Gasteiger partial charge in [0.2, 0.25) is 11.8 Å². The van der Waals surface area contributed by atoms with Gasteiger partial charge in [-0.1, -0.05) is 85.3 Å². The molecule has 6 N–H and O–H groups in total. The number of likely N-dealkylation sites (N-methyl/N-ethyl adjacent to an activating group) is 1. The number of nitrogen functional groups attached to an aromatic ring is 1. The van der Waals surface area contributed by atoms with Crippen LogP contribution in [0.1, 0.15) is 86.2 Å². The van der Waals surface area contributed by atoms with Crippen LogP contribution in [0.5, 0.6) is 0 Å². The highest BCUT2D eigenvalue weighted by molar-refractivity contribution is 5.93. The van der Waals surface area contributed by atoms with Crippen molar-refractivity contribution < 1.29 is 29.3 Å². The number of ether oxygens (including phenoxy) is 2. The molecule has 4 aromatic rings. The molecule has 0 aliphatic carbocycles. The van der Waals surface area contributed by atoms with Crippen LogP contribution in [0.15, 0.2) is 103 Å². The molecule has 51 heavy (non-hydrogen) atoms. The van der Waals surface area contributed by atoms with Gasteiger partial charge in [0.25, 0.3) is 0 Å². The molecule has 10 heteroatoms. The number of nitrogens with one attached hydrogen (secondary N) is 2. The van der Waals surface area contributed by atoms with E-state index in [1.807, 2.05) is 105 Å². The number of anilines is 3. The molecular formula is C41H50N4O6. The molecule has 1 aliphatic rings. The summed E-state index contributed by atoms with van der Waals surface area (Å²) in [5.74, 6) is -0.203. The van der Waals surface area contributed by atoms with Gasteiger partial charge in [-0.05, 0) is 67.8 Å². The summed E-state index contributed by atoms with van der Waals surface area (Å²) in [5, 5.41) is 26.5. The van der Waals surface area contributed by atoms with Crippen molar-refractivity contribution in [3.63, 3.8) is 0 Å². The fourth-order valence-electron chi connectivity index (χ4n) is 6.25. The van der Waals surface area contributed by atoms with Gasteiger partial charge in [-0.25, -0.2) is 0 Å². The molecular weight excluding hydrogens is 644 g/mol. The highest BCUT2D eigenvalue weighted by atomic mass is 16.7. The predicted molar refractivity (Wildman–Crippen MR) is 200 cm³/mol. The number of benzene rings is 4. The van der Waals surface area contributed by atoms with Gasteiger partial charge in [-0.2, -0.15) is 0 Å². The van der Waals surface area contributed by atoms with E-state index in [1.165, 1.54) is 0 Å². The van der Waals surface area contributed by atoms with Gasteiger partial charge in [0, 0.05) is 43.1 Å². The minimum Gasteiger partial charge on any atom is -0.397 e. The number of nitrogens with two attached hydrogens (primary N) is 1. The normalized spacial score (nSPS) is 18.6. The smallest absolute Gasteiger partial charge is 0.224 e. The SMILES string of the molecule is C[C@H]([C@@H](O)c1ccccc1)N(C)C[C@@H]1C[C@H](c2ccc(CO)cc2)O[C@H](c2cccc(NC(=O)CCCCCC(=O)Nc3ccccc3N)c2)O1. The Bertz CT molecular complexity index is 1700. The monoisotopic (exact) mass is 694 g/mol. The Hall–Kier alpha value is -4.58. The second kappa shape index (κ2) is 18.6. The van der Waals surface area contributed by atoms with E-state index in [9.17, 15) is 19.8 Å². The summed E-state index contributed by atoms with van der Waals surface area (Å²) in [4.78, 5) is 27.2. The summed E-state index contributed by atoms with van der Waals surface area (Å²) in [6.07, 6.45) is 1.53.